The number of hydrogen-bond acceptors (Lipinski definition) is 5. The summed E-state index contributed by atoms with van der Waals surface area (Å²) in [6.07, 6.45) is 0. The van der Waals surface area contributed by atoms with E-state index in [2.05, 4.69) is 71.3 Å². The molecule has 0 N–H and O–H groups in total. The van der Waals surface area contributed by atoms with Crippen LogP contribution in [-0.4, -0.2) is 24.5 Å². The fraction of sp³-hybridized carbons (Fsp3) is 0. The molecule has 234 valence electrons. The van der Waals surface area contributed by atoms with Crippen molar-refractivity contribution in [1.29, 1.82) is 0 Å². The monoisotopic (exact) mass is 641 g/mol. The highest BCUT2D eigenvalue weighted by Gasteiger charge is 2.19. The van der Waals surface area contributed by atoms with Crippen LogP contribution in [0.1, 0.15) is 0 Å². The lowest BCUT2D eigenvalue weighted by Gasteiger charge is -2.08. The molecule has 0 saturated carbocycles. The largest absolute Gasteiger partial charge is 0.435 e. The van der Waals surface area contributed by atoms with Gasteiger partial charge < -0.3 is 8.98 Å². The van der Waals surface area contributed by atoms with Gasteiger partial charge in [0.15, 0.2) is 23.1 Å². The Morgan fingerprint density at radius 3 is 1.60 bits per heavy atom. The number of benzene rings is 7. The van der Waals surface area contributed by atoms with E-state index in [0.29, 0.717) is 23.4 Å². The Kier molecular flexibility index (Phi) is 6.39. The Labute approximate surface area is 287 Å². The highest BCUT2D eigenvalue weighted by Crippen LogP contribution is 2.41. The van der Waals surface area contributed by atoms with E-state index >= 15 is 0 Å². The van der Waals surface area contributed by atoms with Crippen molar-refractivity contribution >= 4 is 43.7 Å². The summed E-state index contributed by atoms with van der Waals surface area (Å²) in [6, 6.07) is 55.7. The van der Waals surface area contributed by atoms with Crippen molar-refractivity contribution in [3.8, 4) is 51.3 Å². The molecule has 0 radical (unpaired) electrons. The summed E-state index contributed by atoms with van der Waals surface area (Å²) in [5.74, 6) is 2.42. The van der Waals surface area contributed by atoms with Crippen LogP contribution in [0.5, 0.6) is 0 Å². The fourth-order valence-electron chi connectivity index (χ4n) is 6.93. The van der Waals surface area contributed by atoms with Crippen molar-refractivity contribution in [2.24, 2.45) is 0 Å². The molecule has 0 unspecified atom stereocenters. The first-order valence-corrected chi connectivity index (χ1v) is 16.6. The third kappa shape index (κ3) is 4.58. The highest BCUT2D eigenvalue weighted by molar-refractivity contribution is 6.26. The average Bonchev–Trinajstić information content (AvgIpc) is 3.79. The van der Waals surface area contributed by atoms with Gasteiger partial charge in [0.25, 0.3) is 0 Å². The fourth-order valence-corrected chi connectivity index (χ4v) is 6.93. The van der Waals surface area contributed by atoms with Crippen molar-refractivity contribution in [2.75, 3.05) is 0 Å². The predicted molar refractivity (Wildman–Crippen MR) is 201 cm³/mol. The zero-order valence-corrected chi connectivity index (χ0v) is 26.7. The van der Waals surface area contributed by atoms with E-state index in [1.807, 2.05) is 97.1 Å². The first-order chi connectivity index (χ1) is 24.8. The molecule has 10 rings (SSSR count). The molecule has 0 fully saturated rings. The average molecular weight is 642 g/mol. The van der Waals surface area contributed by atoms with Gasteiger partial charge in [-0.15, -0.1) is 0 Å². The molecule has 0 amide bonds. The van der Waals surface area contributed by atoms with Crippen molar-refractivity contribution < 1.29 is 4.42 Å². The third-order valence-corrected chi connectivity index (χ3v) is 9.28. The van der Waals surface area contributed by atoms with Crippen molar-refractivity contribution in [1.82, 2.24) is 24.5 Å². The Balaban J connectivity index is 1.10. The van der Waals surface area contributed by atoms with Crippen molar-refractivity contribution in [3.05, 3.63) is 164 Å². The Morgan fingerprint density at radius 2 is 0.940 bits per heavy atom. The molecule has 0 aliphatic heterocycles. The summed E-state index contributed by atoms with van der Waals surface area (Å²) >= 11 is 0. The van der Waals surface area contributed by atoms with E-state index in [1.165, 1.54) is 5.39 Å². The molecule has 6 heteroatoms. The van der Waals surface area contributed by atoms with E-state index in [0.717, 1.165) is 66.2 Å². The van der Waals surface area contributed by atoms with Gasteiger partial charge in [-0.1, -0.05) is 121 Å². The first-order valence-electron chi connectivity index (χ1n) is 16.6. The number of aromatic nitrogens is 5. The van der Waals surface area contributed by atoms with E-state index in [9.17, 15) is 0 Å². The molecule has 10 aromatic rings. The van der Waals surface area contributed by atoms with E-state index in [-0.39, 0.29) is 0 Å². The topological polar surface area (TPSA) is 69.6 Å². The minimum absolute atomic E-state index is 0.563. The number of rotatable bonds is 5. The van der Waals surface area contributed by atoms with Crippen LogP contribution in [0.25, 0.3) is 95.0 Å². The van der Waals surface area contributed by atoms with Crippen LogP contribution in [0.4, 0.5) is 0 Å². The molecule has 3 aromatic heterocycles. The Bertz CT molecular complexity index is 2780. The molecule has 50 heavy (non-hydrogen) atoms. The van der Waals surface area contributed by atoms with Crippen LogP contribution < -0.4 is 0 Å². The minimum atomic E-state index is 0.563. The molecular formula is C44H27N5O. The quantitative estimate of drug-likeness (QED) is 0.187. The highest BCUT2D eigenvalue weighted by atomic mass is 16.3. The number of nitrogens with zero attached hydrogens (tertiary/aromatic N) is 5. The van der Waals surface area contributed by atoms with E-state index in [1.54, 1.807) is 0 Å². The lowest BCUT2D eigenvalue weighted by Crippen LogP contribution is -2.00. The molecule has 0 atom stereocenters. The lowest BCUT2D eigenvalue weighted by molar-refractivity contribution is 0.623. The molecule has 0 aliphatic rings. The van der Waals surface area contributed by atoms with Gasteiger partial charge in [-0.05, 0) is 47.9 Å². The Morgan fingerprint density at radius 1 is 0.400 bits per heavy atom. The van der Waals surface area contributed by atoms with Gasteiger partial charge in [0.2, 0.25) is 5.89 Å². The molecule has 0 aliphatic carbocycles. The maximum absolute atomic E-state index is 6.68. The van der Waals surface area contributed by atoms with Crippen molar-refractivity contribution in [3.63, 3.8) is 0 Å². The smallest absolute Gasteiger partial charge is 0.227 e. The summed E-state index contributed by atoms with van der Waals surface area (Å²) in [5.41, 5.74) is 8.61. The van der Waals surface area contributed by atoms with Gasteiger partial charge in [0, 0.05) is 44.1 Å². The van der Waals surface area contributed by atoms with Gasteiger partial charge in [-0.2, -0.15) is 0 Å². The zero-order valence-electron chi connectivity index (χ0n) is 26.7. The lowest BCUT2D eigenvalue weighted by atomic mass is 10.0. The zero-order chi connectivity index (χ0) is 33.0. The van der Waals surface area contributed by atoms with Crippen LogP contribution in [0.3, 0.4) is 0 Å². The normalized spacial score (nSPS) is 11.6. The first kappa shape index (κ1) is 28.1. The van der Waals surface area contributed by atoms with Gasteiger partial charge in [-0.3, -0.25) is 0 Å². The summed E-state index contributed by atoms with van der Waals surface area (Å²) in [7, 11) is 0. The van der Waals surface area contributed by atoms with Crippen LogP contribution in [0, 0.1) is 0 Å². The van der Waals surface area contributed by atoms with Crippen LogP contribution >= 0.6 is 0 Å². The third-order valence-electron chi connectivity index (χ3n) is 9.28. The SMILES string of the molecule is c1ccc(-c2nc(-c3ccccc3)nc(-c3ccc(-c4nc5ccc6ccc7c(c8ccccc8n7-c7ccccc7)c6c5o4)cc3)n2)cc1. The number of hydrogen-bond donors (Lipinski definition) is 0. The predicted octanol–water partition coefficient (Wildman–Crippen LogP) is 10.9. The van der Waals surface area contributed by atoms with Crippen LogP contribution in [-0.2, 0) is 0 Å². The van der Waals surface area contributed by atoms with Gasteiger partial charge >= 0.3 is 0 Å². The molecule has 6 nitrogen and oxygen atoms in total. The van der Waals surface area contributed by atoms with E-state index < -0.39 is 0 Å². The molecule has 0 spiro atoms. The second-order valence-corrected chi connectivity index (χ2v) is 12.3. The standard InChI is InChI=1S/C44H27N5O/c1-4-12-29(13-5-1)41-46-42(30-14-6-2-7-15-30)48-43(47-41)31-20-22-32(23-21-31)44-45-35-26-24-28-25-27-37-39(38(28)40(35)50-44)34-18-10-11-19-36(34)49(37)33-16-8-3-9-17-33/h1-27H. The molecule has 7 aromatic carbocycles. The van der Waals surface area contributed by atoms with Gasteiger partial charge in [-0.25, -0.2) is 19.9 Å². The molecule has 3 heterocycles. The van der Waals surface area contributed by atoms with E-state index in [4.69, 9.17) is 24.4 Å². The number of para-hydroxylation sites is 2. The molecular weight excluding hydrogens is 615 g/mol. The van der Waals surface area contributed by atoms with Crippen LogP contribution in [0.2, 0.25) is 0 Å². The van der Waals surface area contributed by atoms with Gasteiger partial charge in [0.1, 0.15) is 5.52 Å². The summed E-state index contributed by atoms with van der Waals surface area (Å²) in [6.45, 7) is 0. The molecule has 0 saturated heterocycles. The minimum Gasteiger partial charge on any atom is -0.435 e. The maximum Gasteiger partial charge on any atom is 0.227 e. The second-order valence-electron chi connectivity index (χ2n) is 12.3. The number of fused-ring (bicyclic) bond motifs is 7. The van der Waals surface area contributed by atoms with Crippen LogP contribution in [0.15, 0.2) is 168 Å². The van der Waals surface area contributed by atoms with Gasteiger partial charge in [0.05, 0.1) is 11.0 Å². The summed E-state index contributed by atoms with van der Waals surface area (Å²) < 4.78 is 9.00. The number of oxazole rings is 1. The summed E-state index contributed by atoms with van der Waals surface area (Å²) in [5, 5.41) is 4.50. The molecule has 0 bridgehead atoms. The second kappa shape index (κ2) is 11.4. The Hall–Kier alpha value is -6.92. The summed E-state index contributed by atoms with van der Waals surface area (Å²) in [4.78, 5) is 19.6. The maximum atomic E-state index is 6.68. The van der Waals surface area contributed by atoms with Crippen molar-refractivity contribution in [2.45, 2.75) is 0 Å².